The van der Waals surface area contributed by atoms with Crippen LogP contribution in [-0.2, 0) is 35.0 Å². The van der Waals surface area contributed by atoms with Gasteiger partial charge in [0, 0.05) is 20.1 Å². The number of hydrogen-bond acceptors (Lipinski definition) is 7. The first-order valence-electron chi connectivity index (χ1n) is 13.4. The molecule has 0 spiro atoms. The predicted molar refractivity (Wildman–Crippen MR) is 165 cm³/mol. The van der Waals surface area contributed by atoms with Crippen molar-refractivity contribution >= 4 is 53.5 Å². The van der Waals surface area contributed by atoms with E-state index in [9.17, 15) is 23.2 Å². The lowest BCUT2D eigenvalue weighted by atomic mass is 9.86. The molecule has 0 bridgehead atoms. The Kier molecular flexibility index (Phi) is 15.3. The highest BCUT2D eigenvalue weighted by atomic mass is 35.5. The summed E-state index contributed by atoms with van der Waals surface area (Å²) in [7, 11) is 2.56. The molecule has 3 atom stereocenters. The second-order valence-electron chi connectivity index (χ2n) is 10.6. The van der Waals surface area contributed by atoms with Crippen molar-refractivity contribution in [1.82, 2.24) is 15.9 Å². The molecule has 0 aromatic heterocycles. The minimum Gasteiger partial charge on any atom is -0.443 e. The van der Waals surface area contributed by atoms with Gasteiger partial charge in [0.1, 0.15) is 22.7 Å². The van der Waals surface area contributed by atoms with Crippen LogP contribution in [0.3, 0.4) is 0 Å². The standard InChI is InChI=1S/C29H38Cl2F2N4O6.ClH/c1-27(2,3)43-26(40)36-37(25(39)29(42-5,16-6-18-30)20-9-13-22(33)14-10-20)23(31)15-17-28(41-4,24(38)35-34)19-7-11-21(32)12-8-19;/h7-14,23H,6,15-18,34H2,1-5H3,(H,35,38)(H,36,40);1H. The van der Waals surface area contributed by atoms with E-state index in [0.29, 0.717) is 6.42 Å². The third kappa shape index (κ3) is 9.63. The Hall–Kier alpha value is -2.74. The Balaban J connectivity index is 0.00000968. The monoisotopic (exact) mass is 682 g/mol. The van der Waals surface area contributed by atoms with Crippen molar-refractivity contribution in [2.24, 2.45) is 5.84 Å². The van der Waals surface area contributed by atoms with E-state index in [1.807, 2.05) is 0 Å². The molecule has 0 aliphatic rings. The van der Waals surface area contributed by atoms with Gasteiger partial charge < -0.3 is 14.2 Å². The molecule has 2 aromatic carbocycles. The van der Waals surface area contributed by atoms with Gasteiger partial charge >= 0.3 is 6.09 Å². The molecule has 15 heteroatoms. The second kappa shape index (κ2) is 17.1. The lowest BCUT2D eigenvalue weighted by molar-refractivity contribution is -0.162. The molecule has 0 saturated carbocycles. The molecule has 0 saturated heterocycles. The Morgan fingerprint density at radius 3 is 1.80 bits per heavy atom. The summed E-state index contributed by atoms with van der Waals surface area (Å²) in [6.07, 6.45) is -0.991. The van der Waals surface area contributed by atoms with Crippen molar-refractivity contribution in [3.05, 3.63) is 71.3 Å². The zero-order valence-electron chi connectivity index (χ0n) is 25.1. The van der Waals surface area contributed by atoms with Gasteiger partial charge in [-0.15, -0.1) is 24.0 Å². The molecule has 0 heterocycles. The van der Waals surface area contributed by atoms with E-state index in [1.165, 1.54) is 50.6 Å². The van der Waals surface area contributed by atoms with E-state index in [0.717, 1.165) is 17.1 Å². The Labute approximate surface area is 272 Å². The number of amides is 3. The van der Waals surface area contributed by atoms with E-state index in [4.69, 9.17) is 43.3 Å². The number of rotatable bonds is 13. The molecule has 2 aromatic rings. The number of alkyl halides is 2. The average molecular weight is 684 g/mol. The van der Waals surface area contributed by atoms with Crippen LogP contribution in [0.15, 0.2) is 48.5 Å². The van der Waals surface area contributed by atoms with Crippen LogP contribution in [0, 0.1) is 11.6 Å². The van der Waals surface area contributed by atoms with Gasteiger partial charge in [0.05, 0.1) is 0 Å². The van der Waals surface area contributed by atoms with Crippen LogP contribution in [-0.4, -0.2) is 54.1 Å². The van der Waals surface area contributed by atoms with Gasteiger partial charge in [0.2, 0.25) is 0 Å². The summed E-state index contributed by atoms with van der Waals surface area (Å²) >= 11 is 12.8. The zero-order chi connectivity index (χ0) is 32.4. The topological polar surface area (TPSA) is 132 Å². The van der Waals surface area contributed by atoms with Crippen LogP contribution in [0.1, 0.15) is 57.6 Å². The molecule has 3 unspecified atom stereocenters. The van der Waals surface area contributed by atoms with E-state index in [-0.39, 0.29) is 48.7 Å². The summed E-state index contributed by atoms with van der Waals surface area (Å²) in [6.45, 7) is 4.91. The van der Waals surface area contributed by atoms with Gasteiger partial charge in [0.25, 0.3) is 11.8 Å². The summed E-state index contributed by atoms with van der Waals surface area (Å²) < 4.78 is 44.3. The van der Waals surface area contributed by atoms with Crippen LogP contribution in [0.2, 0.25) is 0 Å². The molecule has 0 radical (unpaired) electrons. The van der Waals surface area contributed by atoms with Gasteiger partial charge in [-0.2, -0.15) is 0 Å². The van der Waals surface area contributed by atoms with Crippen molar-refractivity contribution < 1.29 is 37.4 Å². The van der Waals surface area contributed by atoms with Gasteiger partial charge in [-0.05, 0) is 81.8 Å². The van der Waals surface area contributed by atoms with Gasteiger partial charge in [0.15, 0.2) is 11.2 Å². The molecule has 246 valence electrons. The van der Waals surface area contributed by atoms with E-state index < -0.39 is 51.8 Å². The van der Waals surface area contributed by atoms with Crippen molar-refractivity contribution in [3.8, 4) is 0 Å². The van der Waals surface area contributed by atoms with Crippen LogP contribution in [0.25, 0.3) is 0 Å². The molecule has 10 nitrogen and oxygen atoms in total. The number of carbonyl (C=O) groups excluding carboxylic acids is 3. The third-order valence-electron chi connectivity index (χ3n) is 6.67. The molecule has 0 aliphatic heterocycles. The highest BCUT2D eigenvalue weighted by Gasteiger charge is 2.47. The highest BCUT2D eigenvalue weighted by Crippen LogP contribution is 2.36. The summed E-state index contributed by atoms with van der Waals surface area (Å²) in [5.74, 6) is 2.98. The van der Waals surface area contributed by atoms with E-state index in [1.54, 1.807) is 20.8 Å². The second-order valence-corrected chi connectivity index (χ2v) is 11.5. The first kappa shape index (κ1) is 39.3. The maximum atomic E-state index is 14.4. The molecule has 0 aliphatic carbocycles. The largest absolute Gasteiger partial charge is 0.443 e. The van der Waals surface area contributed by atoms with Gasteiger partial charge in [-0.1, -0.05) is 35.9 Å². The maximum absolute atomic E-state index is 14.4. The van der Waals surface area contributed by atoms with E-state index in [2.05, 4.69) is 10.9 Å². The van der Waals surface area contributed by atoms with Crippen LogP contribution in [0.5, 0.6) is 0 Å². The van der Waals surface area contributed by atoms with Crippen LogP contribution >= 0.6 is 35.6 Å². The molecule has 44 heavy (non-hydrogen) atoms. The number of ether oxygens (including phenoxy) is 3. The van der Waals surface area contributed by atoms with Crippen LogP contribution < -0.4 is 16.7 Å². The van der Waals surface area contributed by atoms with Crippen molar-refractivity contribution in [3.63, 3.8) is 0 Å². The fourth-order valence-corrected chi connectivity index (χ4v) is 4.93. The first-order chi connectivity index (χ1) is 20.2. The van der Waals surface area contributed by atoms with Crippen LogP contribution in [0.4, 0.5) is 13.6 Å². The number of methoxy groups -OCH3 is 2. The quantitative estimate of drug-likeness (QED) is 0.0848. The number of hydrogen-bond donors (Lipinski definition) is 3. The number of hydrazine groups is 2. The Bertz CT molecular complexity index is 1240. The van der Waals surface area contributed by atoms with Crippen molar-refractivity contribution in [1.29, 1.82) is 0 Å². The van der Waals surface area contributed by atoms with Crippen molar-refractivity contribution in [2.45, 2.75) is 68.8 Å². The van der Waals surface area contributed by atoms with Gasteiger partial charge in [-0.25, -0.2) is 29.9 Å². The normalized spacial score (nSPS) is 14.7. The minimum absolute atomic E-state index is 0. The highest BCUT2D eigenvalue weighted by molar-refractivity contribution is 6.21. The number of nitrogens with one attached hydrogen (secondary N) is 2. The summed E-state index contributed by atoms with van der Waals surface area (Å²) in [6, 6.07) is 10.1. The predicted octanol–water partition coefficient (Wildman–Crippen LogP) is 5.39. The fourth-order valence-electron chi connectivity index (χ4n) is 4.55. The average Bonchev–Trinajstić information content (AvgIpc) is 2.97. The minimum atomic E-state index is -1.76. The summed E-state index contributed by atoms with van der Waals surface area (Å²) in [4.78, 5) is 40.3. The number of benzene rings is 2. The Morgan fingerprint density at radius 2 is 1.39 bits per heavy atom. The molecular weight excluding hydrogens is 645 g/mol. The molecular formula is C29H39Cl3F2N4O6. The number of nitrogens with two attached hydrogens (primary N) is 1. The molecule has 0 fully saturated rings. The number of halogens is 5. The number of nitrogens with zero attached hydrogens (tertiary/aromatic N) is 1. The lowest BCUT2D eigenvalue weighted by Crippen LogP contribution is -2.58. The molecule has 4 N–H and O–H groups in total. The third-order valence-corrected chi connectivity index (χ3v) is 7.35. The zero-order valence-corrected chi connectivity index (χ0v) is 27.5. The maximum Gasteiger partial charge on any atom is 0.426 e. The Morgan fingerprint density at radius 1 is 0.909 bits per heavy atom. The van der Waals surface area contributed by atoms with Gasteiger partial charge in [-0.3, -0.25) is 15.0 Å². The lowest BCUT2D eigenvalue weighted by Gasteiger charge is -2.39. The first-order valence-corrected chi connectivity index (χ1v) is 14.3. The fraction of sp³-hybridized carbons (Fsp3) is 0.483. The molecule has 3 amide bonds. The number of carbonyl (C=O) groups is 3. The van der Waals surface area contributed by atoms with Crippen molar-refractivity contribution in [2.75, 3.05) is 20.1 Å². The smallest absolute Gasteiger partial charge is 0.426 e. The summed E-state index contributed by atoms with van der Waals surface area (Å²) in [5.41, 5.74) is -0.754. The summed E-state index contributed by atoms with van der Waals surface area (Å²) in [5, 5.41) is 0.835. The SMILES string of the molecule is COC(CCC(Cl)N(NC(=O)OC(C)(C)C)C(=O)C(CCCCl)(OC)c1ccc(F)cc1)(C(=O)NN)c1ccc(F)cc1.Cl. The van der Waals surface area contributed by atoms with E-state index >= 15 is 0 Å². The molecule has 2 rings (SSSR count).